The van der Waals surface area contributed by atoms with Gasteiger partial charge in [-0.05, 0) is 36.2 Å². The SMILES string of the molecule is C=C(C(=O)OC1C[C@H]2CC[C@@]1(C)C2(C)C)c1ccccc1. The Kier molecular flexibility index (Phi) is 3.23. The third kappa shape index (κ3) is 2.04. The summed E-state index contributed by atoms with van der Waals surface area (Å²) in [6.07, 6.45) is 3.44. The van der Waals surface area contributed by atoms with Crippen LogP contribution in [0.4, 0.5) is 0 Å². The molecule has 0 spiro atoms. The van der Waals surface area contributed by atoms with Crippen LogP contribution in [-0.2, 0) is 9.53 Å². The van der Waals surface area contributed by atoms with E-state index in [1.54, 1.807) is 0 Å². The van der Waals surface area contributed by atoms with Crippen molar-refractivity contribution in [2.24, 2.45) is 16.7 Å². The van der Waals surface area contributed by atoms with Crippen molar-refractivity contribution in [1.82, 2.24) is 0 Å². The predicted molar refractivity (Wildman–Crippen MR) is 84.6 cm³/mol. The highest BCUT2D eigenvalue weighted by molar-refractivity contribution is 6.15. The van der Waals surface area contributed by atoms with Crippen LogP contribution in [0.3, 0.4) is 0 Å². The predicted octanol–water partition coefficient (Wildman–Crippen LogP) is 4.46. The van der Waals surface area contributed by atoms with Crippen molar-refractivity contribution in [3.8, 4) is 0 Å². The van der Waals surface area contributed by atoms with E-state index in [0.29, 0.717) is 11.5 Å². The molecule has 0 N–H and O–H groups in total. The van der Waals surface area contributed by atoms with Crippen LogP contribution in [0, 0.1) is 16.7 Å². The van der Waals surface area contributed by atoms with E-state index < -0.39 is 0 Å². The first-order chi connectivity index (χ1) is 9.86. The maximum Gasteiger partial charge on any atom is 0.338 e. The Labute approximate surface area is 127 Å². The Hall–Kier alpha value is -1.57. The number of carbonyl (C=O) groups excluding carboxylic acids is 1. The molecule has 0 radical (unpaired) electrons. The smallest absolute Gasteiger partial charge is 0.338 e. The molecule has 2 fully saturated rings. The van der Waals surface area contributed by atoms with Gasteiger partial charge in [0.2, 0.25) is 0 Å². The van der Waals surface area contributed by atoms with Crippen LogP contribution in [0.2, 0.25) is 0 Å². The molecule has 0 aliphatic heterocycles. The lowest BCUT2D eigenvalue weighted by atomic mass is 9.70. The standard InChI is InChI=1S/C19H24O2/c1-13(14-8-6-5-7-9-14)17(20)21-16-12-15-10-11-19(16,4)18(15,2)3/h5-9,15-16H,1,10-12H2,2-4H3/t15-,16?,19-/m1/s1. The number of carbonyl (C=O) groups is 1. The van der Waals surface area contributed by atoms with Gasteiger partial charge < -0.3 is 4.74 Å². The Morgan fingerprint density at radius 3 is 2.43 bits per heavy atom. The molecule has 112 valence electrons. The highest BCUT2D eigenvalue weighted by Gasteiger charge is 2.62. The van der Waals surface area contributed by atoms with Gasteiger partial charge in [0.1, 0.15) is 6.10 Å². The Balaban J connectivity index is 1.74. The topological polar surface area (TPSA) is 26.3 Å². The van der Waals surface area contributed by atoms with Gasteiger partial charge >= 0.3 is 5.97 Å². The molecule has 2 nitrogen and oxygen atoms in total. The average molecular weight is 284 g/mol. The maximum atomic E-state index is 12.4. The Morgan fingerprint density at radius 1 is 1.24 bits per heavy atom. The summed E-state index contributed by atoms with van der Waals surface area (Å²) in [6.45, 7) is 10.8. The monoisotopic (exact) mass is 284 g/mol. The number of hydrogen-bond donors (Lipinski definition) is 0. The second-order valence-electron chi connectivity index (χ2n) is 7.35. The zero-order chi connectivity index (χ0) is 15.3. The van der Waals surface area contributed by atoms with Gasteiger partial charge in [-0.3, -0.25) is 0 Å². The molecule has 2 aliphatic rings. The molecule has 1 unspecified atom stereocenters. The highest BCUT2D eigenvalue weighted by Crippen LogP contribution is 2.66. The molecule has 1 aromatic rings. The van der Waals surface area contributed by atoms with Crippen LogP contribution in [0.15, 0.2) is 36.9 Å². The first-order valence-electron chi connectivity index (χ1n) is 7.81. The van der Waals surface area contributed by atoms with Crippen LogP contribution in [0.5, 0.6) is 0 Å². The molecule has 2 heteroatoms. The van der Waals surface area contributed by atoms with Gasteiger partial charge in [-0.15, -0.1) is 0 Å². The van der Waals surface area contributed by atoms with Crippen molar-refractivity contribution in [2.75, 3.05) is 0 Å². The number of esters is 1. The second kappa shape index (κ2) is 4.72. The summed E-state index contributed by atoms with van der Waals surface area (Å²) in [6, 6.07) is 9.55. The molecule has 2 aliphatic carbocycles. The summed E-state index contributed by atoms with van der Waals surface area (Å²) in [7, 11) is 0. The molecule has 0 aromatic heterocycles. The van der Waals surface area contributed by atoms with E-state index in [0.717, 1.165) is 18.4 Å². The minimum absolute atomic E-state index is 0.0270. The lowest BCUT2D eigenvalue weighted by Crippen LogP contribution is -2.38. The van der Waals surface area contributed by atoms with Gasteiger partial charge in [-0.25, -0.2) is 4.79 Å². The molecular weight excluding hydrogens is 260 g/mol. The van der Waals surface area contributed by atoms with Gasteiger partial charge in [-0.2, -0.15) is 0 Å². The minimum atomic E-state index is -0.268. The molecule has 1 aromatic carbocycles. The molecule has 3 atom stereocenters. The third-order valence-corrected chi connectivity index (χ3v) is 6.33. The number of rotatable bonds is 3. The van der Waals surface area contributed by atoms with E-state index in [-0.39, 0.29) is 22.9 Å². The normalized spacial score (nSPS) is 32.9. The van der Waals surface area contributed by atoms with E-state index in [4.69, 9.17) is 4.74 Å². The summed E-state index contributed by atoms with van der Waals surface area (Å²) in [5.74, 6) is 0.404. The summed E-state index contributed by atoms with van der Waals surface area (Å²) in [4.78, 5) is 12.4. The van der Waals surface area contributed by atoms with E-state index in [1.807, 2.05) is 30.3 Å². The lowest BCUT2D eigenvalue weighted by Gasteiger charge is -2.38. The van der Waals surface area contributed by atoms with Crippen molar-refractivity contribution >= 4 is 11.5 Å². The van der Waals surface area contributed by atoms with Crippen LogP contribution in [0.25, 0.3) is 5.57 Å². The van der Waals surface area contributed by atoms with Gasteiger partial charge in [0.05, 0.1) is 5.57 Å². The van der Waals surface area contributed by atoms with Gasteiger partial charge in [0.25, 0.3) is 0 Å². The third-order valence-electron chi connectivity index (χ3n) is 6.33. The molecule has 2 saturated carbocycles. The van der Waals surface area contributed by atoms with Crippen molar-refractivity contribution in [3.63, 3.8) is 0 Å². The van der Waals surface area contributed by atoms with Gasteiger partial charge in [0.15, 0.2) is 0 Å². The largest absolute Gasteiger partial charge is 0.458 e. The average Bonchev–Trinajstić information content (AvgIpc) is 2.80. The molecule has 21 heavy (non-hydrogen) atoms. The van der Waals surface area contributed by atoms with Crippen molar-refractivity contribution in [3.05, 3.63) is 42.5 Å². The Morgan fingerprint density at radius 2 is 1.90 bits per heavy atom. The fourth-order valence-electron chi connectivity index (χ4n) is 4.27. The first kappa shape index (κ1) is 14.4. The number of hydrogen-bond acceptors (Lipinski definition) is 2. The quantitative estimate of drug-likeness (QED) is 0.605. The van der Waals surface area contributed by atoms with Crippen LogP contribution in [-0.4, -0.2) is 12.1 Å². The molecule has 0 heterocycles. The number of fused-ring (bicyclic) bond motifs is 2. The summed E-state index contributed by atoms with van der Waals surface area (Å²) in [5, 5.41) is 0. The van der Waals surface area contributed by atoms with Gasteiger partial charge in [0, 0.05) is 5.41 Å². The molecular formula is C19H24O2. The summed E-state index contributed by atoms with van der Waals surface area (Å²) < 4.78 is 5.86. The molecule has 3 rings (SSSR count). The van der Waals surface area contributed by atoms with E-state index in [2.05, 4.69) is 27.4 Å². The highest BCUT2D eigenvalue weighted by atomic mass is 16.5. The fourth-order valence-corrected chi connectivity index (χ4v) is 4.27. The van der Waals surface area contributed by atoms with Crippen molar-refractivity contribution in [1.29, 1.82) is 0 Å². The van der Waals surface area contributed by atoms with Crippen LogP contribution in [0.1, 0.15) is 45.6 Å². The lowest BCUT2D eigenvalue weighted by molar-refractivity contribution is -0.149. The van der Waals surface area contributed by atoms with Gasteiger partial charge in [-0.1, -0.05) is 57.7 Å². The van der Waals surface area contributed by atoms with Crippen molar-refractivity contribution < 1.29 is 9.53 Å². The second-order valence-corrected chi connectivity index (χ2v) is 7.35. The summed E-state index contributed by atoms with van der Waals surface area (Å²) in [5.41, 5.74) is 1.66. The molecule has 0 saturated heterocycles. The fraction of sp³-hybridized carbons (Fsp3) is 0.526. The zero-order valence-corrected chi connectivity index (χ0v) is 13.2. The number of ether oxygens (including phenoxy) is 1. The van der Waals surface area contributed by atoms with E-state index >= 15 is 0 Å². The minimum Gasteiger partial charge on any atom is -0.458 e. The zero-order valence-electron chi connectivity index (χ0n) is 13.2. The van der Waals surface area contributed by atoms with E-state index in [1.165, 1.54) is 6.42 Å². The number of benzene rings is 1. The molecule has 2 bridgehead atoms. The Bertz CT molecular complexity index is 572. The summed E-state index contributed by atoms with van der Waals surface area (Å²) >= 11 is 0. The molecule has 0 amide bonds. The van der Waals surface area contributed by atoms with E-state index in [9.17, 15) is 4.79 Å². The van der Waals surface area contributed by atoms with Crippen LogP contribution < -0.4 is 0 Å². The maximum absolute atomic E-state index is 12.4. The first-order valence-corrected chi connectivity index (χ1v) is 7.81. The van der Waals surface area contributed by atoms with Crippen LogP contribution >= 0.6 is 0 Å². The van der Waals surface area contributed by atoms with Crippen molar-refractivity contribution in [2.45, 2.75) is 46.1 Å².